The zero-order valence-corrected chi connectivity index (χ0v) is 12.9. The molecule has 0 saturated heterocycles. The molecule has 0 saturated carbocycles. The monoisotopic (exact) mass is 286 g/mol. The van der Waals surface area contributed by atoms with Crippen molar-refractivity contribution < 1.29 is 4.74 Å². The fraction of sp³-hybridized carbons (Fsp3) is 0.333. The van der Waals surface area contributed by atoms with Gasteiger partial charge >= 0.3 is 0 Å². The van der Waals surface area contributed by atoms with Crippen molar-refractivity contribution in [2.24, 2.45) is 0 Å². The van der Waals surface area contributed by atoms with E-state index in [-0.39, 0.29) is 5.60 Å². The molecule has 0 spiro atoms. The van der Waals surface area contributed by atoms with E-state index in [2.05, 4.69) is 51.1 Å². The molecule has 0 amide bonds. The van der Waals surface area contributed by atoms with Gasteiger partial charge in [0.2, 0.25) is 0 Å². The molecule has 1 aliphatic heterocycles. The Morgan fingerprint density at radius 3 is 2.85 bits per heavy atom. The first kappa shape index (κ1) is 13.5. The third-order valence-electron chi connectivity index (χ3n) is 3.87. The van der Waals surface area contributed by atoms with Gasteiger partial charge in [-0.25, -0.2) is 0 Å². The van der Waals surface area contributed by atoms with Crippen molar-refractivity contribution in [3.05, 3.63) is 70.0 Å². The first-order valence-electron chi connectivity index (χ1n) is 7.01. The number of ether oxygens (including phenoxy) is 1. The van der Waals surface area contributed by atoms with Crippen molar-refractivity contribution >= 4 is 11.6 Å². The van der Waals surface area contributed by atoms with Gasteiger partial charge in [-0.1, -0.05) is 29.8 Å². The van der Waals surface area contributed by atoms with Crippen LogP contribution < -0.4 is 0 Å². The molecule has 1 nitrogen and oxygen atoms in total. The van der Waals surface area contributed by atoms with Crippen molar-refractivity contribution in [3.63, 3.8) is 0 Å². The Kier molecular flexibility index (Phi) is 3.25. The summed E-state index contributed by atoms with van der Waals surface area (Å²) in [6.07, 6.45) is 7.50. The minimum Gasteiger partial charge on any atom is -0.483 e. The summed E-state index contributed by atoms with van der Waals surface area (Å²) in [5, 5.41) is 0.790. The van der Waals surface area contributed by atoms with E-state index in [1.54, 1.807) is 0 Å². The van der Waals surface area contributed by atoms with Crippen LogP contribution in [0, 0.1) is 0 Å². The topological polar surface area (TPSA) is 9.23 Å². The highest BCUT2D eigenvalue weighted by molar-refractivity contribution is 6.30. The van der Waals surface area contributed by atoms with Crippen LogP contribution in [0.4, 0.5) is 0 Å². The lowest BCUT2D eigenvalue weighted by Gasteiger charge is -2.36. The minimum atomic E-state index is -0.233. The minimum absolute atomic E-state index is 0.233. The maximum Gasteiger partial charge on any atom is 0.124 e. The number of hydrogen-bond donors (Lipinski definition) is 0. The molecule has 0 aromatic heterocycles. The van der Waals surface area contributed by atoms with Crippen LogP contribution in [0.1, 0.15) is 38.7 Å². The average Bonchev–Trinajstić information content (AvgIpc) is 2.36. The van der Waals surface area contributed by atoms with E-state index in [4.69, 9.17) is 16.3 Å². The second kappa shape index (κ2) is 4.82. The summed E-state index contributed by atoms with van der Waals surface area (Å²) in [6.45, 7) is 6.37. The van der Waals surface area contributed by atoms with Crippen LogP contribution in [0.2, 0.25) is 5.02 Å². The molecule has 104 valence electrons. The average molecular weight is 287 g/mol. The predicted octanol–water partition coefficient (Wildman–Crippen LogP) is 5.39. The highest BCUT2D eigenvalue weighted by Crippen LogP contribution is 2.43. The lowest BCUT2D eigenvalue weighted by molar-refractivity contribution is 0.0777. The third-order valence-corrected chi connectivity index (χ3v) is 4.10. The second-order valence-electron chi connectivity index (χ2n) is 6.06. The molecular weight excluding hydrogens is 268 g/mol. The smallest absolute Gasteiger partial charge is 0.124 e. The van der Waals surface area contributed by atoms with Crippen LogP contribution >= 0.6 is 11.6 Å². The first-order chi connectivity index (χ1) is 9.46. The van der Waals surface area contributed by atoms with E-state index >= 15 is 0 Å². The van der Waals surface area contributed by atoms with Crippen molar-refractivity contribution in [3.8, 4) is 0 Å². The molecule has 1 aromatic rings. The molecule has 0 radical (unpaired) electrons. The van der Waals surface area contributed by atoms with Gasteiger partial charge in [-0.2, -0.15) is 0 Å². The fourth-order valence-corrected chi connectivity index (χ4v) is 3.39. The molecule has 0 fully saturated rings. The SMILES string of the molecule is CC1=CC(C)(C)OC2=C1[C@@H](c1cccc(Cl)c1)CC=C2. The Labute approximate surface area is 125 Å². The van der Waals surface area contributed by atoms with Gasteiger partial charge in [0.1, 0.15) is 11.4 Å². The summed E-state index contributed by atoms with van der Waals surface area (Å²) >= 11 is 6.14. The van der Waals surface area contributed by atoms with Gasteiger partial charge in [-0.15, -0.1) is 0 Å². The number of halogens is 1. The molecule has 1 heterocycles. The highest BCUT2D eigenvalue weighted by Gasteiger charge is 2.31. The van der Waals surface area contributed by atoms with Crippen molar-refractivity contribution in [2.45, 2.75) is 38.7 Å². The summed E-state index contributed by atoms with van der Waals surface area (Å²) in [5.74, 6) is 1.34. The first-order valence-corrected chi connectivity index (χ1v) is 7.39. The van der Waals surface area contributed by atoms with E-state index in [9.17, 15) is 0 Å². The van der Waals surface area contributed by atoms with E-state index in [1.807, 2.05) is 12.1 Å². The predicted molar refractivity (Wildman–Crippen MR) is 83.9 cm³/mol. The summed E-state index contributed by atoms with van der Waals surface area (Å²) in [6, 6.07) is 8.14. The number of hydrogen-bond acceptors (Lipinski definition) is 1. The maximum atomic E-state index is 6.14. The Balaban J connectivity index is 2.06. The normalized spacial score (nSPS) is 24.0. The fourth-order valence-electron chi connectivity index (χ4n) is 3.19. The van der Waals surface area contributed by atoms with Crippen LogP contribution in [-0.2, 0) is 4.74 Å². The molecule has 1 atom stereocenters. The van der Waals surface area contributed by atoms with Crippen molar-refractivity contribution in [2.75, 3.05) is 0 Å². The van der Waals surface area contributed by atoms with Crippen LogP contribution in [0.15, 0.2) is 59.4 Å². The Morgan fingerprint density at radius 2 is 2.10 bits per heavy atom. The third kappa shape index (κ3) is 2.43. The van der Waals surface area contributed by atoms with Gasteiger partial charge in [0.05, 0.1) is 0 Å². The summed E-state index contributed by atoms with van der Waals surface area (Å²) in [4.78, 5) is 0. The number of benzene rings is 1. The second-order valence-corrected chi connectivity index (χ2v) is 6.49. The summed E-state index contributed by atoms with van der Waals surface area (Å²) in [5.41, 5.74) is 3.63. The van der Waals surface area contributed by atoms with Crippen LogP contribution in [0.5, 0.6) is 0 Å². The Morgan fingerprint density at radius 1 is 1.30 bits per heavy atom. The molecule has 20 heavy (non-hydrogen) atoms. The van der Waals surface area contributed by atoms with E-state index in [1.165, 1.54) is 16.7 Å². The van der Waals surface area contributed by atoms with Gasteiger partial charge in [-0.05, 0) is 62.6 Å². The zero-order chi connectivity index (χ0) is 14.3. The quantitative estimate of drug-likeness (QED) is 0.672. The van der Waals surface area contributed by atoms with E-state index < -0.39 is 0 Å². The van der Waals surface area contributed by atoms with Crippen LogP contribution in [-0.4, -0.2) is 5.60 Å². The molecule has 2 aliphatic rings. The molecule has 0 unspecified atom stereocenters. The lowest BCUT2D eigenvalue weighted by Crippen LogP contribution is -2.28. The van der Waals surface area contributed by atoms with E-state index in [0.29, 0.717) is 5.92 Å². The molecule has 0 N–H and O–H groups in total. The van der Waals surface area contributed by atoms with Crippen molar-refractivity contribution in [1.29, 1.82) is 0 Å². The summed E-state index contributed by atoms with van der Waals surface area (Å²) in [7, 11) is 0. The van der Waals surface area contributed by atoms with Gasteiger partial charge in [0.25, 0.3) is 0 Å². The van der Waals surface area contributed by atoms with Gasteiger partial charge < -0.3 is 4.74 Å². The molecule has 3 rings (SSSR count). The Hall–Kier alpha value is -1.47. The number of rotatable bonds is 1. The molecular formula is C18H19ClO. The molecule has 2 heteroatoms. The Bertz CT molecular complexity index is 635. The number of allylic oxidation sites excluding steroid dienone is 4. The highest BCUT2D eigenvalue weighted by atomic mass is 35.5. The largest absolute Gasteiger partial charge is 0.483 e. The van der Waals surface area contributed by atoms with Gasteiger partial charge in [0, 0.05) is 16.5 Å². The van der Waals surface area contributed by atoms with Crippen molar-refractivity contribution in [1.82, 2.24) is 0 Å². The molecule has 0 bridgehead atoms. The molecule has 1 aliphatic carbocycles. The molecule has 1 aromatic carbocycles. The van der Waals surface area contributed by atoms with Gasteiger partial charge in [-0.3, -0.25) is 0 Å². The maximum absolute atomic E-state index is 6.14. The summed E-state index contributed by atoms with van der Waals surface area (Å²) < 4.78 is 6.11. The van der Waals surface area contributed by atoms with Crippen LogP contribution in [0.3, 0.4) is 0 Å². The standard InChI is InChI=1S/C18H19ClO/c1-12-11-18(2,3)20-16-9-5-8-15(17(12)16)13-6-4-7-14(19)10-13/h4-7,9-11,15H,8H2,1-3H3/t15-/m1/s1. The van der Waals surface area contributed by atoms with Gasteiger partial charge in [0.15, 0.2) is 0 Å². The van der Waals surface area contributed by atoms with E-state index in [0.717, 1.165) is 17.2 Å². The zero-order valence-electron chi connectivity index (χ0n) is 12.1. The van der Waals surface area contributed by atoms with Crippen LogP contribution in [0.25, 0.3) is 0 Å². The lowest BCUT2D eigenvalue weighted by atomic mass is 9.79.